The van der Waals surface area contributed by atoms with Gasteiger partial charge in [0.25, 0.3) is 5.91 Å². The molecule has 1 aromatic heterocycles. The second-order valence-corrected chi connectivity index (χ2v) is 6.26. The van der Waals surface area contributed by atoms with Crippen molar-refractivity contribution in [3.8, 4) is 0 Å². The van der Waals surface area contributed by atoms with Gasteiger partial charge >= 0.3 is 0 Å². The van der Waals surface area contributed by atoms with Crippen molar-refractivity contribution in [3.05, 3.63) is 47.8 Å². The largest absolute Gasteiger partial charge is 0.378 e. The minimum absolute atomic E-state index is 0.122. The molecule has 1 aliphatic heterocycles. The predicted octanol–water partition coefficient (Wildman–Crippen LogP) is 2.03. The number of anilines is 1. The fourth-order valence-electron chi connectivity index (χ4n) is 2.78. The fourth-order valence-corrected chi connectivity index (χ4v) is 2.78. The van der Waals surface area contributed by atoms with Crippen LogP contribution in [0.4, 0.5) is 5.69 Å². The molecule has 0 unspecified atom stereocenters. The van der Waals surface area contributed by atoms with Gasteiger partial charge in [0, 0.05) is 57.1 Å². The molecule has 0 saturated carbocycles. The van der Waals surface area contributed by atoms with Crippen molar-refractivity contribution in [2.24, 2.45) is 5.92 Å². The summed E-state index contributed by atoms with van der Waals surface area (Å²) in [5.41, 5.74) is 2.99. The highest BCUT2D eigenvalue weighted by Crippen LogP contribution is 2.22. The molecule has 0 spiro atoms. The average molecular weight is 298 g/mol. The molecule has 0 N–H and O–H groups in total. The number of aryl methyl sites for hydroxylation is 1. The second kappa shape index (κ2) is 5.83. The maximum absolute atomic E-state index is 12.5. The summed E-state index contributed by atoms with van der Waals surface area (Å²) in [6, 6.07) is 7.79. The zero-order valence-electron chi connectivity index (χ0n) is 13.4. The zero-order chi connectivity index (χ0) is 15.7. The van der Waals surface area contributed by atoms with E-state index < -0.39 is 0 Å². The fraction of sp³-hybridized carbons (Fsp3) is 0.412. The van der Waals surface area contributed by atoms with E-state index in [1.807, 2.05) is 72.2 Å². The van der Waals surface area contributed by atoms with Crippen molar-refractivity contribution in [3.63, 3.8) is 0 Å². The van der Waals surface area contributed by atoms with Gasteiger partial charge in [0.2, 0.25) is 0 Å². The number of hydrogen-bond donors (Lipinski definition) is 0. The molecule has 2 heterocycles. The van der Waals surface area contributed by atoms with Crippen molar-refractivity contribution < 1.29 is 4.79 Å². The number of amides is 1. The molecule has 1 saturated heterocycles. The van der Waals surface area contributed by atoms with E-state index in [-0.39, 0.29) is 5.91 Å². The molecule has 0 atom stereocenters. The Balaban J connectivity index is 1.58. The Hall–Kier alpha value is -2.30. The van der Waals surface area contributed by atoms with Crippen LogP contribution >= 0.6 is 0 Å². The summed E-state index contributed by atoms with van der Waals surface area (Å²) in [5, 5.41) is 4.30. The molecule has 2 aromatic rings. The summed E-state index contributed by atoms with van der Waals surface area (Å²) in [6.45, 7) is 4.54. The predicted molar refractivity (Wildman–Crippen MR) is 87.1 cm³/mol. The quantitative estimate of drug-likeness (QED) is 0.867. The van der Waals surface area contributed by atoms with E-state index in [4.69, 9.17) is 0 Å². The van der Waals surface area contributed by atoms with Crippen LogP contribution in [0.2, 0.25) is 0 Å². The summed E-state index contributed by atoms with van der Waals surface area (Å²) in [4.78, 5) is 16.4. The Morgan fingerprint density at radius 2 is 2.14 bits per heavy atom. The molecule has 22 heavy (non-hydrogen) atoms. The summed E-state index contributed by atoms with van der Waals surface area (Å²) < 4.78 is 1.97. The van der Waals surface area contributed by atoms with Crippen LogP contribution in [0.25, 0.3) is 0 Å². The van der Waals surface area contributed by atoms with Gasteiger partial charge in [-0.1, -0.05) is 6.07 Å². The van der Waals surface area contributed by atoms with E-state index in [1.54, 1.807) is 0 Å². The van der Waals surface area contributed by atoms with Crippen LogP contribution in [0.1, 0.15) is 15.9 Å². The molecule has 5 heteroatoms. The Kier molecular flexibility index (Phi) is 3.88. The molecule has 5 nitrogen and oxygen atoms in total. The molecule has 0 aliphatic carbocycles. The monoisotopic (exact) mass is 298 g/mol. The Labute approximate surface area is 131 Å². The first-order valence-corrected chi connectivity index (χ1v) is 7.58. The molecule has 116 valence electrons. The summed E-state index contributed by atoms with van der Waals surface area (Å²) in [7, 11) is 3.96. The van der Waals surface area contributed by atoms with E-state index >= 15 is 0 Å². The zero-order valence-corrected chi connectivity index (χ0v) is 13.4. The average Bonchev–Trinajstić information content (AvgIpc) is 2.87. The number of rotatable bonds is 4. The molecule has 1 fully saturated rings. The third-order valence-corrected chi connectivity index (χ3v) is 4.06. The summed E-state index contributed by atoms with van der Waals surface area (Å²) in [5.74, 6) is 0.622. The molecule has 1 aliphatic rings. The van der Waals surface area contributed by atoms with Gasteiger partial charge in [0.1, 0.15) is 0 Å². The summed E-state index contributed by atoms with van der Waals surface area (Å²) >= 11 is 0. The topological polar surface area (TPSA) is 41.4 Å². The SMILES string of the molecule is Cc1cnn(CC2CN(C(=O)c3cccc(N(C)C)c3)C2)c1. The van der Waals surface area contributed by atoms with Crippen LogP contribution in [0.3, 0.4) is 0 Å². The Morgan fingerprint density at radius 1 is 1.36 bits per heavy atom. The lowest BCUT2D eigenvalue weighted by Crippen LogP contribution is -2.51. The van der Waals surface area contributed by atoms with E-state index in [1.165, 1.54) is 5.56 Å². The first-order chi connectivity index (χ1) is 10.5. The van der Waals surface area contributed by atoms with Crippen molar-refractivity contribution in [2.75, 3.05) is 32.1 Å². The van der Waals surface area contributed by atoms with Crippen LogP contribution in [-0.2, 0) is 6.54 Å². The Morgan fingerprint density at radius 3 is 2.77 bits per heavy atom. The lowest BCUT2D eigenvalue weighted by Gasteiger charge is -2.39. The molecule has 1 amide bonds. The van der Waals surface area contributed by atoms with Crippen LogP contribution in [0.15, 0.2) is 36.7 Å². The van der Waals surface area contributed by atoms with Gasteiger partial charge in [0.05, 0.1) is 6.20 Å². The van der Waals surface area contributed by atoms with Gasteiger partial charge in [-0.2, -0.15) is 5.10 Å². The lowest BCUT2D eigenvalue weighted by atomic mass is 9.98. The minimum Gasteiger partial charge on any atom is -0.378 e. The molecular weight excluding hydrogens is 276 g/mol. The first kappa shape index (κ1) is 14.6. The summed E-state index contributed by atoms with van der Waals surface area (Å²) in [6.07, 6.45) is 3.92. The number of likely N-dealkylation sites (tertiary alicyclic amines) is 1. The number of hydrogen-bond acceptors (Lipinski definition) is 3. The van der Waals surface area contributed by atoms with Crippen LogP contribution in [0, 0.1) is 12.8 Å². The van der Waals surface area contributed by atoms with Gasteiger partial charge in [0.15, 0.2) is 0 Å². The van der Waals surface area contributed by atoms with E-state index in [0.717, 1.165) is 30.9 Å². The van der Waals surface area contributed by atoms with Crippen LogP contribution in [0.5, 0.6) is 0 Å². The van der Waals surface area contributed by atoms with Crippen molar-refractivity contribution in [1.29, 1.82) is 0 Å². The number of carbonyl (C=O) groups excluding carboxylic acids is 1. The smallest absolute Gasteiger partial charge is 0.253 e. The van der Waals surface area contributed by atoms with Crippen molar-refractivity contribution in [2.45, 2.75) is 13.5 Å². The van der Waals surface area contributed by atoms with Crippen molar-refractivity contribution >= 4 is 11.6 Å². The molecule has 1 aromatic carbocycles. The highest BCUT2D eigenvalue weighted by Gasteiger charge is 2.31. The van der Waals surface area contributed by atoms with E-state index in [2.05, 4.69) is 5.10 Å². The molecule has 0 bridgehead atoms. The van der Waals surface area contributed by atoms with Gasteiger partial charge in [-0.3, -0.25) is 9.48 Å². The van der Waals surface area contributed by atoms with E-state index in [0.29, 0.717) is 5.92 Å². The maximum atomic E-state index is 12.5. The van der Waals surface area contributed by atoms with Crippen molar-refractivity contribution in [1.82, 2.24) is 14.7 Å². The van der Waals surface area contributed by atoms with Gasteiger partial charge in [-0.05, 0) is 30.7 Å². The maximum Gasteiger partial charge on any atom is 0.253 e. The number of aromatic nitrogens is 2. The highest BCUT2D eigenvalue weighted by atomic mass is 16.2. The van der Waals surface area contributed by atoms with Gasteiger partial charge < -0.3 is 9.80 Å². The Bertz CT molecular complexity index is 671. The standard InChI is InChI=1S/C17H22N4O/c1-13-8-18-21(9-13)12-14-10-20(11-14)17(22)15-5-4-6-16(7-15)19(2)3/h4-9,14H,10-12H2,1-3H3. The highest BCUT2D eigenvalue weighted by molar-refractivity contribution is 5.95. The normalized spacial score (nSPS) is 14.8. The minimum atomic E-state index is 0.122. The third kappa shape index (κ3) is 2.98. The second-order valence-electron chi connectivity index (χ2n) is 6.26. The van der Waals surface area contributed by atoms with Gasteiger partial charge in [-0.15, -0.1) is 0 Å². The number of nitrogens with zero attached hydrogens (tertiary/aromatic N) is 4. The number of benzene rings is 1. The number of carbonyl (C=O) groups is 1. The third-order valence-electron chi connectivity index (χ3n) is 4.06. The molecular formula is C17H22N4O. The van der Waals surface area contributed by atoms with E-state index in [9.17, 15) is 4.79 Å². The van der Waals surface area contributed by atoms with Gasteiger partial charge in [-0.25, -0.2) is 0 Å². The lowest BCUT2D eigenvalue weighted by molar-refractivity contribution is 0.0461. The molecule has 0 radical (unpaired) electrons. The molecule has 3 rings (SSSR count). The first-order valence-electron chi connectivity index (χ1n) is 7.58. The van der Waals surface area contributed by atoms with Crippen LogP contribution in [-0.4, -0.2) is 47.8 Å². The van der Waals surface area contributed by atoms with Crippen LogP contribution < -0.4 is 4.90 Å².